The zero-order valence-corrected chi connectivity index (χ0v) is 9.16. The lowest BCUT2D eigenvalue weighted by molar-refractivity contribution is 0.0595. The molecule has 88 valence electrons. The number of rotatable bonds is 3. The van der Waals surface area contributed by atoms with Crippen molar-refractivity contribution in [3.05, 3.63) is 35.1 Å². The van der Waals surface area contributed by atoms with Gasteiger partial charge in [-0.1, -0.05) is 6.07 Å². The molecule has 1 aromatic carbocycles. The molecular weight excluding hydrogens is 213 g/mol. The van der Waals surface area contributed by atoms with Crippen LogP contribution < -0.4 is 5.73 Å². The molecule has 5 heteroatoms. The third kappa shape index (κ3) is 2.37. The number of hydrogen-bond donors (Lipinski definition) is 2. The first-order valence-corrected chi connectivity index (χ1v) is 4.70. The minimum atomic E-state index is -1.02. The van der Waals surface area contributed by atoms with Gasteiger partial charge in [-0.05, 0) is 24.6 Å². The van der Waals surface area contributed by atoms with E-state index in [2.05, 4.69) is 4.74 Å². The fourth-order valence-corrected chi connectivity index (χ4v) is 1.24. The van der Waals surface area contributed by atoms with Gasteiger partial charge < -0.3 is 15.6 Å². The van der Waals surface area contributed by atoms with Crippen LogP contribution in [0.2, 0.25) is 0 Å². The number of ether oxygens (including phenoxy) is 1. The summed E-state index contributed by atoms with van der Waals surface area (Å²) in [5.41, 5.74) is 5.04. The molecule has 0 saturated carbocycles. The molecule has 0 unspecified atom stereocenters. The van der Waals surface area contributed by atoms with Gasteiger partial charge >= 0.3 is 5.97 Å². The summed E-state index contributed by atoms with van der Waals surface area (Å²) in [6, 6.07) is 3.84. The van der Waals surface area contributed by atoms with Gasteiger partial charge in [0, 0.05) is 0 Å². The number of esters is 1. The van der Waals surface area contributed by atoms with Gasteiger partial charge in [0.25, 0.3) is 0 Å². The maximum atomic E-state index is 13.3. The number of carbonyl (C=O) groups is 1. The number of hydrogen-bond acceptors (Lipinski definition) is 4. The van der Waals surface area contributed by atoms with Crippen LogP contribution in [0.1, 0.15) is 22.8 Å². The van der Waals surface area contributed by atoms with Crippen LogP contribution >= 0.6 is 0 Å². The van der Waals surface area contributed by atoms with Gasteiger partial charge in [-0.3, -0.25) is 0 Å². The summed E-state index contributed by atoms with van der Waals surface area (Å²) in [6.07, 6.45) is 0. The molecule has 4 nitrogen and oxygen atoms in total. The Morgan fingerprint density at radius 3 is 2.75 bits per heavy atom. The largest absolute Gasteiger partial charge is 0.465 e. The van der Waals surface area contributed by atoms with Crippen molar-refractivity contribution in [2.75, 3.05) is 13.7 Å². The molecular formula is C11H14FNO3. The number of nitrogens with two attached hydrogens (primary N) is 1. The van der Waals surface area contributed by atoms with Gasteiger partial charge in [-0.2, -0.15) is 0 Å². The SMILES string of the molecule is COC(=O)c1cc([C@](C)(N)CO)ccc1F. The van der Waals surface area contributed by atoms with E-state index >= 15 is 0 Å². The van der Waals surface area contributed by atoms with Crippen molar-refractivity contribution >= 4 is 5.97 Å². The minimum absolute atomic E-state index is 0.190. The molecule has 16 heavy (non-hydrogen) atoms. The predicted octanol–water partition coefficient (Wildman–Crippen LogP) is 0.778. The molecule has 0 radical (unpaired) electrons. The first-order valence-electron chi connectivity index (χ1n) is 4.70. The molecule has 1 atom stereocenters. The normalized spacial score (nSPS) is 14.3. The Morgan fingerprint density at radius 1 is 1.62 bits per heavy atom. The molecule has 0 aliphatic carbocycles. The zero-order chi connectivity index (χ0) is 12.3. The van der Waals surface area contributed by atoms with Crippen molar-refractivity contribution in [1.29, 1.82) is 0 Å². The Labute approximate surface area is 92.8 Å². The topological polar surface area (TPSA) is 72.5 Å². The third-order valence-corrected chi connectivity index (χ3v) is 2.36. The zero-order valence-electron chi connectivity index (χ0n) is 9.16. The number of benzene rings is 1. The van der Waals surface area contributed by atoms with E-state index in [9.17, 15) is 9.18 Å². The van der Waals surface area contributed by atoms with Crippen LogP contribution in [0, 0.1) is 5.82 Å². The van der Waals surface area contributed by atoms with E-state index in [-0.39, 0.29) is 12.2 Å². The van der Waals surface area contributed by atoms with Gasteiger partial charge in [0.1, 0.15) is 5.82 Å². The summed E-state index contributed by atoms with van der Waals surface area (Å²) in [5, 5.41) is 9.07. The molecule has 0 spiro atoms. The summed E-state index contributed by atoms with van der Waals surface area (Å²) in [6.45, 7) is 1.28. The molecule has 0 saturated heterocycles. The summed E-state index contributed by atoms with van der Waals surface area (Å²) in [7, 11) is 1.17. The third-order valence-electron chi connectivity index (χ3n) is 2.36. The highest BCUT2D eigenvalue weighted by Gasteiger charge is 2.23. The van der Waals surface area contributed by atoms with Crippen molar-refractivity contribution in [3.8, 4) is 0 Å². The lowest BCUT2D eigenvalue weighted by atomic mass is 9.92. The number of aliphatic hydroxyl groups excluding tert-OH is 1. The summed E-state index contributed by atoms with van der Waals surface area (Å²) >= 11 is 0. The highest BCUT2D eigenvalue weighted by molar-refractivity contribution is 5.89. The van der Waals surface area contributed by atoms with E-state index in [0.717, 1.165) is 6.07 Å². The van der Waals surface area contributed by atoms with Crippen molar-refractivity contribution < 1.29 is 19.0 Å². The Bertz CT molecular complexity index is 404. The van der Waals surface area contributed by atoms with Crippen LogP contribution in [0.4, 0.5) is 4.39 Å². The van der Waals surface area contributed by atoms with Crippen LogP contribution in [0.5, 0.6) is 0 Å². The van der Waals surface area contributed by atoms with E-state index < -0.39 is 17.3 Å². The van der Waals surface area contributed by atoms with Gasteiger partial charge in [0.2, 0.25) is 0 Å². The van der Waals surface area contributed by atoms with Crippen LogP contribution in [-0.2, 0) is 10.3 Å². The summed E-state index contributed by atoms with van der Waals surface area (Å²) < 4.78 is 17.7. The maximum absolute atomic E-state index is 13.3. The van der Waals surface area contributed by atoms with E-state index in [0.29, 0.717) is 5.56 Å². The predicted molar refractivity (Wildman–Crippen MR) is 56.4 cm³/mol. The minimum Gasteiger partial charge on any atom is -0.465 e. The quantitative estimate of drug-likeness (QED) is 0.748. The second-order valence-corrected chi connectivity index (χ2v) is 3.76. The standard InChI is InChI=1S/C11H14FNO3/c1-11(13,6-14)7-3-4-9(12)8(5-7)10(15)16-2/h3-5,14H,6,13H2,1-2H3/t11-/m1/s1. The monoisotopic (exact) mass is 227 g/mol. The second kappa shape index (κ2) is 4.59. The average Bonchev–Trinajstić information content (AvgIpc) is 2.28. The van der Waals surface area contributed by atoms with Gasteiger partial charge in [0.15, 0.2) is 0 Å². The molecule has 0 aliphatic heterocycles. The lowest BCUT2D eigenvalue weighted by Crippen LogP contribution is -2.37. The highest BCUT2D eigenvalue weighted by Crippen LogP contribution is 2.20. The van der Waals surface area contributed by atoms with Gasteiger partial charge in [0.05, 0.1) is 24.8 Å². The van der Waals surface area contributed by atoms with Crippen LogP contribution in [0.25, 0.3) is 0 Å². The van der Waals surface area contributed by atoms with Crippen LogP contribution in [0.15, 0.2) is 18.2 Å². The Kier molecular flexibility index (Phi) is 3.62. The first-order chi connectivity index (χ1) is 7.42. The van der Waals surface area contributed by atoms with E-state index in [4.69, 9.17) is 10.8 Å². The number of aliphatic hydroxyl groups is 1. The maximum Gasteiger partial charge on any atom is 0.340 e. The first kappa shape index (κ1) is 12.6. The lowest BCUT2D eigenvalue weighted by Gasteiger charge is -2.22. The molecule has 0 fully saturated rings. The fraction of sp³-hybridized carbons (Fsp3) is 0.364. The molecule has 0 aromatic heterocycles. The summed E-state index contributed by atoms with van der Waals surface area (Å²) in [4.78, 5) is 11.2. The average molecular weight is 227 g/mol. The van der Waals surface area contributed by atoms with Crippen LogP contribution in [0.3, 0.4) is 0 Å². The van der Waals surface area contributed by atoms with Crippen molar-refractivity contribution in [1.82, 2.24) is 0 Å². The van der Waals surface area contributed by atoms with Gasteiger partial charge in [-0.25, -0.2) is 9.18 Å². The smallest absolute Gasteiger partial charge is 0.340 e. The van der Waals surface area contributed by atoms with E-state index in [1.165, 1.54) is 19.2 Å². The second-order valence-electron chi connectivity index (χ2n) is 3.76. The molecule has 0 bridgehead atoms. The molecule has 0 amide bonds. The number of methoxy groups -OCH3 is 1. The van der Waals surface area contributed by atoms with Crippen molar-refractivity contribution in [2.24, 2.45) is 5.73 Å². The molecule has 0 aliphatic rings. The molecule has 3 N–H and O–H groups in total. The number of carbonyl (C=O) groups excluding carboxylic acids is 1. The van der Waals surface area contributed by atoms with E-state index in [1.807, 2.05) is 0 Å². The van der Waals surface area contributed by atoms with Crippen molar-refractivity contribution in [2.45, 2.75) is 12.5 Å². The Hall–Kier alpha value is -1.46. The Morgan fingerprint density at radius 2 is 2.25 bits per heavy atom. The molecule has 1 rings (SSSR count). The van der Waals surface area contributed by atoms with Crippen molar-refractivity contribution in [3.63, 3.8) is 0 Å². The van der Waals surface area contributed by atoms with Gasteiger partial charge in [-0.15, -0.1) is 0 Å². The van der Waals surface area contributed by atoms with Crippen LogP contribution in [-0.4, -0.2) is 24.8 Å². The van der Waals surface area contributed by atoms with E-state index in [1.54, 1.807) is 6.92 Å². The fourth-order valence-electron chi connectivity index (χ4n) is 1.24. The summed E-state index contributed by atoms with van der Waals surface area (Å²) in [5.74, 6) is -1.45. The number of halogens is 1. The Balaban J connectivity index is 3.22. The highest BCUT2D eigenvalue weighted by atomic mass is 19.1. The molecule has 1 aromatic rings. The molecule has 0 heterocycles.